The average Bonchev–Trinajstić information content (AvgIpc) is 2.80. The molecule has 3 rings (SSSR count). The summed E-state index contributed by atoms with van der Waals surface area (Å²) in [7, 11) is 1.87. The molecule has 104 valence electrons. The van der Waals surface area contributed by atoms with E-state index in [1.807, 2.05) is 7.11 Å². The summed E-state index contributed by atoms with van der Waals surface area (Å²) in [4.78, 5) is 7.18. The number of fused-ring (bicyclic) bond motifs is 1. The molecular weight excluding hydrogens is 236 g/mol. The minimum Gasteiger partial charge on any atom is -0.381 e. The summed E-state index contributed by atoms with van der Waals surface area (Å²) in [6.45, 7) is 5.46. The minimum atomic E-state index is 0.481. The molecule has 0 spiro atoms. The highest BCUT2D eigenvalue weighted by Gasteiger charge is 2.40. The van der Waals surface area contributed by atoms with E-state index in [0.29, 0.717) is 6.10 Å². The third-order valence-corrected chi connectivity index (χ3v) is 4.74. The van der Waals surface area contributed by atoms with Crippen LogP contribution in [-0.4, -0.2) is 36.2 Å². The van der Waals surface area contributed by atoms with E-state index in [1.165, 1.54) is 38.0 Å². The second kappa shape index (κ2) is 5.59. The van der Waals surface area contributed by atoms with Crippen LogP contribution in [0.5, 0.6) is 0 Å². The third-order valence-electron chi connectivity index (χ3n) is 4.74. The Morgan fingerprint density at radius 1 is 1.32 bits per heavy atom. The molecule has 0 N–H and O–H groups in total. The zero-order valence-corrected chi connectivity index (χ0v) is 12.0. The van der Waals surface area contributed by atoms with Crippen LogP contribution in [0.2, 0.25) is 0 Å². The number of likely N-dealkylation sites (tertiary alicyclic amines) is 1. The molecule has 19 heavy (non-hydrogen) atoms. The predicted molar refractivity (Wildman–Crippen MR) is 75.9 cm³/mol. The second-order valence-corrected chi connectivity index (χ2v) is 6.09. The van der Waals surface area contributed by atoms with Crippen molar-refractivity contribution < 1.29 is 4.74 Å². The van der Waals surface area contributed by atoms with Crippen molar-refractivity contribution in [2.75, 3.05) is 20.2 Å². The van der Waals surface area contributed by atoms with Gasteiger partial charge in [-0.2, -0.15) is 0 Å². The number of nitrogens with zero attached hydrogens (tertiary/aromatic N) is 2. The van der Waals surface area contributed by atoms with Gasteiger partial charge in [-0.15, -0.1) is 0 Å². The van der Waals surface area contributed by atoms with Crippen LogP contribution in [0.4, 0.5) is 0 Å². The minimum absolute atomic E-state index is 0.481. The lowest BCUT2D eigenvalue weighted by Crippen LogP contribution is -2.33. The molecule has 3 heteroatoms. The highest BCUT2D eigenvalue weighted by atomic mass is 16.5. The molecule has 0 unspecified atom stereocenters. The van der Waals surface area contributed by atoms with Crippen LogP contribution in [0.3, 0.4) is 0 Å². The number of pyridine rings is 1. The van der Waals surface area contributed by atoms with Crippen molar-refractivity contribution in [1.29, 1.82) is 0 Å². The van der Waals surface area contributed by atoms with Crippen molar-refractivity contribution in [3.05, 3.63) is 29.6 Å². The highest BCUT2D eigenvalue weighted by Crippen LogP contribution is 2.37. The summed E-state index contributed by atoms with van der Waals surface area (Å²) in [5, 5.41) is 0. The smallest absolute Gasteiger partial charge is 0.0614 e. The highest BCUT2D eigenvalue weighted by molar-refractivity contribution is 5.10. The van der Waals surface area contributed by atoms with Crippen LogP contribution >= 0.6 is 0 Å². The first-order valence-corrected chi connectivity index (χ1v) is 7.44. The van der Waals surface area contributed by atoms with E-state index in [1.54, 1.807) is 0 Å². The number of aromatic nitrogens is 1. The van der Waals surface area contributed by atoms with Gasteiger partial charge in [0.05, 0.1) is 11.8 Å². The van der Waals surface area contributed by atoms with Crippen LogP contribution in [0.15, 0.2) is 18.2 Å². The predicted octanol–water partition coefficient (Wildman–Crippen LogP) is 2.64. The fourth-order valence-corrected chi connectivity index (χ4v) is 3.85. The van der Waals surface area contributed by atoms with E-state index >= 15 is 0 Å². The van der Waals surface area contributed by atoms with Gasteiger partial charge in [0.25, 0.3) is 0 Å². The molecule has 0 aromatic carbocycles. The number of methoxy groups -OCH3 is 1. The Hall–Kier alpha value is -0.930. The van der Waals surface area contributed by atoms with Crippen molar-refractivity contribution in [3.63, 3.8) is 0 Å². The Morgan fingerprint density at radius 3 is 3.00 bits per heavy atom. The summed E-state index contributed by atoms with van der Waals surface area (Å²) < 4.78 is 5.68. The molecule has 1 aliphatic heterocycles. The fraction of sp³-hybridized carbons (Fsp3) is 0.688. The van der Waals surface area contributed by atoms with Gasteiger partial charge in [-0.3, -0.25) is 9.88 Å². The summed E-state index contributed by atoms with van der Waals surface area (Å²) in [6, 6.07) is 6.32. The van der Waals surface area contributed by atoms with E-state index in [2.05, 4.69) is 35.0 Å². The van der Waals surface area contributed by atoms with E-state index in [9.17, 15) is 0 Å². The topological polar surface area (TPSA) is 25.4 Å². The maximum absolute atomic E-state index is 5.68. The first-order chi connectivity index (χ1) is 9.26. The van der Waals surface area contributed by atoms with Crippen molar-refractivity contribution in [2.24, 2.45) is 11.8 Å². The Balaban J connectivity index is 1.65. The third kappa shape index (κ3) is 2.82. The zero-order valence-electron chi connectivity index (χ0n) is 12.0. The number of hydrogen-bond donors (Lipinski definition) is 0. The molecule has 0 bridgehead atoms. The van der Waals surface area contributed by atoms with Crippen LogP contribution in [-0.2, 0) is 11.3 Å². The summed E-state index contributed by atoms with van der Waals surface area (Å²) in [6.07, 6.45) is 4.43. The van der Waals surface area contributed by atoms with Gasteiger partial charge in [-0.1, -0.05) is 12.5 Å². The van der Waals surface area contributed by atoms with Crippen molar-refractivity contribution in [3.8, 4) is 0 Å². The van der Waals surface area contributed by atoms with Crippen LogP contribution in [0.1, 0.15) is 30.7 Å². The van der Waals surface area contributed by atoms with Gasteiger partial charge in [-0.05, 0) is 37.8 Å². The molecule has 2 heterocycles. The standard InChI is InChI=1S/C16H24N2O/c1-12-5-3-7-14(17-12)10-18-9-13-6-4-8-16(19-2)15(13)11-18/h3,5,7,13,15-16H,4,6,8-11H2,1-2H3/t13-,15-,16-/m0/s1. The van der Waals surface area contributed by atoms with Crippen molar-refractivity contribution >= 4 is 0 Å². The maximum Gasteiger partial charge on any atom is 0.0614 e. The normalized spacial score (nSPS) is 31.4. The van der Waals surface area contributed by atoms with E-state index in [0.717, 1.165) is 24.1 Å². The molecular formula is C16H24N2O. The van der Waals surface area contributed by atoms with Gasteiger partial charge >= 0.3 is 0 Å². The van der Waals surface area contributed by atoms with Gasteiger partial charge in [0.2, 0.25) is 0 Å². The molecule has 1 aromatic rings. The quantitative estimate of drug-likeness (QED) is 0.835. The summed E-state index contributed by atoms with van der Waals surface area (Å²) in [5.74, 6) is 1.58. The molecule has 2 fully saturated rings. The van der Waals surface area contributed by atoms with Gasteiger partial charge < -0.3 is 4.74 Å². The Labute approximate surface area is 116 Å². The van der Waals surface area contributed by atoms with E-state index < -0.39 is 0 Å². The van der Waals surface area contributed by atoms with Crippen LogP contribution < -0.4 is 0 Å². The van der Waals surface area contributed by atoms with Crippen LogP contribution in [0.25, 0.3) is 0 Å². The monoisotopic (exact) mass is 260 g/mol. The lowest BCUT2D eigenvalue weighted by molar-refractivity contribution is 0.0125. The Morgan fingerprint density at radius 2 is 2.21 bits per heavy atom. The van der Waals surface area contributed by atoms with E-state index in [4.69, 9.17) is 4.74 Å². The lowest BCUT2D eigenvalue weighted by Gasteiger charge is -2.31. The second-order valence-electron chi connectivity index (χ2n) is 6.09. The molecule has 1 saturated heterocycles. The summed E-state index contributed by atoms with van der Waals surface area (Å²) >= 11 is 0. The largest absolute Gasteiger partial charge is 0.381 e. The van der Waals surface area contributed by atoms with Gasteiger partial charge in [-0.25, -0.2) is 0 Å². The molecule has 1 aliphatic carbocycles. The molecule has 3 atom stereocenters. The van der Waals surface area contributed by atoms with Crippen LogP contribution in [0, 0.1) is 18.8 Å². The lowest BCUT2D eigenvalue weighted by atomic mass is 9.79. The molecule has 0 radical (unpaired) electrons. The SMILES string of the molecule is CO[C@H]1CCC[C@H]2CN(Cc3cccc(C)n3)C[C@@H]21. The molecule has 1 saturated carbocycles. The number of aryl methyl sites for hydroxylation is 1. The Bertz CT molecular complexity index is 435. The van der Waals surface area contributed by atoms with Gasteiger partial charge in [0.1, 0.15) is 0 Å². The molecule has 0 amide bonds. The first-order valence-electron chi connectivity index (χ1n) is 7.44. The summed E-state index contributed by atoms with van der Waals surface area (Å²) in [5.41, 5.74) is 2.32. The van der Waals surface area contributed by atoms with Crippen molar-refractivity contribution in [1.82, 2.24) is 9.88 Å². The van der Waals surface area contributed by atoms with Gasteiger partial charge in [0.15, 0.2) is 0 Å². The first kappa shape index (κ1) is 13.1. The number of ether oxygens (including phenoxy) is 1. The average molecular weight is 260 g/mol. The number of rotatable bonds is 3. The Kier molecular flexibility index (Phi) is 3.85. The molecule has 3 nitrogen and oxygen atoms in total. The van der Waals surface area contributed by atoms with Gasteiger partial charge in [0, 0.05) is 38.4 Å². The van der Waals surface area contributed by atoms with E-state index in [-0.39, 0.29) is 0 Å². The maximum atomic E-state index is 5.68. The molecule has 1 aromatic heterocycles. The van der Waals surface area contributed by atoms with Crippen molar-refractivity contribution in [2.45, 2.75) is 38.8 Å². The number of hydrogen-bond acceptors (Lipinski definition) is 3. The fourth-order valence-electron chi connectivity index (χ4n) is 3.85. The molecule has 2 aliphatic rings. The zero-order chi connectivity index (χ0) is 13.2.